The quantitative estimate of drug-likeness (QED) is 0.445. The number of hydrogen-bond acceptors (Lipinski definition) is 6. The Bertz CT molecular complexity index is 1130. The molecule has 0 saturated heterocycles. The van der Waals surface area contributed by atoms with Crippen molar-refractivity contribution >= 4 is 50.4 Å². The maximum Gasteiger partial charge on any atom is 0.228 e. The molecular formula is C22H21ClFN3O2S2. The van der Waals surface area contributed by atoms with Crippen molar-refractivity contribution in [2.75, 3.05) is 6.26 Å². The highest BCUT2D eigenvalue weighted by atomic mass is 35.5. The second-order valence-electron chi connectivity index (χ2n) is 6.83. The number of rotatable bonds is 6. The molecule has 1 aliphatic heterocycles. The second kappa shape index (κ2) is 10.3. The van der Waals surface area contributed by atoms with E-state index in [4.69, 9.17) is 16.0 Å². The Hall–Kier alpha value is -2.29. The molecule has 0 bridgehead atoms. The molecule has 2 atom stereocenters. The van der Waals surface area contributed by atoms with Gasteiger partial charge in [0.05, 0.1) is 21.6 Å². The first-order chi connectivity index (χ1) is 14.8. The van der Waals surface area contributed by atoms with Crippen molar-refractivity contribution in [3.05, 3.63) is 71.8 Å². The number of allylic oxidation sites excluding steroid dienone is 6. The van der Waals surface area contributed by atoms with E-state index in [0.29, 0.717) is 43.8 Å². The first-order valence-corrected chi connectivity index (χ1v) is 12.1. The normalized spacial score (nSPS) is 18.4. The number of nitrogens with zero attached hydrogens (tertiary/aromatic N) is 3. The zero-order valence-corrected chi connectivity index (χ0v) is 19.7. The SMILES string of the molecule is C=CC(=CC=C(C)F)c1nc(C2=CN=C(S(C)=O)C(C)C2)c(Sc2ccc(Cl)cn2)o1. The van der Waals surface area contributed by atoms with Crippen molar-refractivity contribution in [1.29, 1.82) is 0 Å². The van der Waals surface area contributed by atoms with E-state index in [9.17, 15) is 8.60 Å². The topological polar surface area (TPSA) is 68.3 Å². The van der Waals surface area contributed by atoms with Crippen LogP contribution in [0, 0.1) is 5.92 Å². The van der Waals surface area contributed by atoms with Crippen LogP contribution in [0.4, 0.5) is 4.39 Å². The van der Waals surface area contributed by atoms with Crippen molar-refractivity contribution in [2.45, 2.75) is 30.4 Å². The van der Waals surface area contributed by atoms with E-state index in [-0.39, 0.29) is 11.7 Å². The van der Waals surface area contributed by atoms with Crippen LogP contribution in [0.2, 0.25) is 5.02 Å². The first kappa shape index (κ1) is 23.4. The van der Waals surface area contributed by atoms with Crippen LogP contribution in [0.3, 0.4) is 0 Å². The van der Waals surface area contributed by atoms with Gasteiger partial charge in [0.15, 0.2) is 5.09 Å². The van der Waals surface area contributed by atoms with Gasteiger partial charge in [0.1, 0.15) is 15.8 Å². The van der Waals surface area contributed by atoms with Gasteiger partial charge in [-0.05, 0) is 49.4 Å². The summed E-state index contributed by atoms with van der Waals surface area (Å²) in [5.41, 5.74) is 2.01. The van der Waals surface area contributed by atoms with Crippen molar-refractivity contribution in [3.8, 4) is 0 Å². The van der Waals surface area contributed by atoms with Gasteiger partial charge in [-0.25, -0.2) is 14.4 Å². The number of aromatic nitrogens is 2. The number of aliphatic imine (C=N–C) groups is 1. The predicted octanol–water partition coefficient (Wildman–Crippen LogP) is 6.47. The summed E-state index contributed by atoms with van der Waals surface area (Å²) >= 11 is 7.24. The van der Waals surface area contributed by atoms with E-state index in [1.54, 1.807) is 42.9 Å². The summed E-state index contributed by atoms with van der Waals surface area (Å²) in [6.07, 6.45) is 9.91. The summed E-state index contributed by atoms with van der Waals surface area (Å²) in [5, 5.41) is 2.39. The van der Waals surface area contributed by atoms with E-state index in [2.05, 4.69) is 21.5 Å². The van der Waals surface area contributed by atoms with Crippen LogP contribution in [0.5, 0.6) is 0 Å². The highest BCUT2D eigenvalue weighted by Crippen LogP contribution is 2.38. The fourth-order valence-electron chi connectivity index (χ4n) is 2.90. The Morgan fingerprint density at radius 1 is 1.42 bits per heavy atom. The zero-order valence-electron chi connectivity index (χ0n) is 17.3. The lowest BCUT2D eigenvalue weighted by molar-refractivity contribution is 0.457. The lowest BCUT2D eigenvalue weighted by atomic mass is 9.99. The Balaban J connectivity index is 2.07. The highest BCUT2D eigenvalue weighted by molar-refractivity contribution is 8.00. The number of oxazole rings is 1. The Labute approximate surface area is 192 Å². The Kier molecular flexibility index (Phi) is 7.80. The second-order valence-corrected chi connectivity index (χ2v) is 9.59. The molecule has 2 aromatic rings. The highest BCUT2D eigenvalue weighted by Gasteiger charge is 2.26. The minimum atomic E-state index is -1.13. The van der Waals surface area contributed by atoms with Crippen LogP contribution < -0.4 is 0 Å². The van der Waals surface area contributed by atoms with Crippen LogP contribution in [0.1, 0.15) is 31.9 Å². The molecule has 0 spiro atoms. The molecule has 2 unspecified atom stereocenters. The van der Waals surface area contributed by atoms with Crippen LogP contribution >= 0.6 is 23.4 Å². The molecule has 2 aromatic heterocycles. The fourth-order valence-corrected chi connectivity index (χ4v) is 4.69. The molecule has 0 radical (unpaired) electrons. The van der Waals surface area contributed by atoms with E-state index in [1.807, 2.05) is 6.92 Å². The van der Waals surface area contributed by atoms with Crippen molar-refractivity contribution in [3.63, 3.8) is 0 Å². The van der Waals surface area contributed by atoms with Gasteiger partial charge in [-0.2, -0.15) is 0 Å². The fraction of sp³-hybridized carbons (Fsp3) is 0.227. The monoisotopic (exact) mass is 477 g/mol. The summed E-state index contributed by atoms with van der Waals surface area (Å²) in [7, 11) is -1.13. The van der Waals surface area contributed by atoms with Gasteiger partial charge in [-0.3, -0.25) is 9.20 Å². The standard InChI is InChI=1S/C22H21ClFN3O2S2/c1-5-15(7-6-14(3)24)20-27-19(16-10-13(2)21(26-11-16)31(4)28)22(29-20)30-18-9-8-17(23)12-25-18/h5-9,11-13H,1,10H2,2-4H3. The molecule has 3 heterocycles. The summed E-state index contributed by atoms with van der Waals surface area (Å²) in [5.74, 6) is -0.0327. The van der Waals surface area contributed by atoms with Crippen LogP contribution in [0.25, 0.3) is 11.1 Å². The molecule has 1 aliphatic rings. The largest absolute Gasteiger partial charge is 0.429 e. The van der Waals surface area contributed by atoms with Crippen LogP contribution in [-0.2, 0) is 10.8 Å². The molecule has 31 heavy (non-hydrogen) atoms. The van der Waals surface area contributed by atoms with Gasteiger partial charge in [0.2, 0.25) is 5.89 Å². The summed E-state index contributed by atoms with van der Waals surface area (Å²) < 4.78 is 31.1. The molecule has 0 saturated carbocycles. The van der Waals surface area contributed by atoms with Gasteiger partial charge in [0.25, 0.3) is 0 Å². The number of pyridine rings is 1. The van der Waals surface area contributed by atoms with E-state index < -0.39 is 10.8 Å². The summed E-state index contributed by atoms with van der Waals surface area (Å²) in [6.45, 7) is 7.11. The average Bonchev–Trinajstić information content (AvgIpc) is 3.13. The van der Waals surface area contributed by atoms with Gasteiger partial charge < -0.3 is 4.42 Å². The molecule has 162 valence electrons. The van der Waals surface area contributed by atoms with Gasteiger partial charge in [-0.15, -0.1) is 0 Å². The third-order valence-electron chi connectivity index (χ3n) is 4.35. The molecule has 0 aromatic carbocycles. The van der Waals surface area contributed by atoms with Crippen molar-refractivity contribution < 1.29 is 13.0 Å². The average molecular weight is 478 g/mol. The number of halogens is 2. The van der Waals surface area contributed by atoms with Gasteiger partial charge in [-0.1, -0.05) is 31.2 Å². The third-order valence-corrected chi connectivity index (χ3v) is 6.58. The maximum absolute atomic E-state index is 13.2. The van der Waals surface area contributed by atoms with Crippen LogP contribution in [-0.4, -0.2) is 25.5 Å². The first-order valence-electron chi connectivity index (χ1n) is 9.36. The smallest absolute Gasteiger partial charge is 0.228 e. The minimum absolute atomic E-state index is 0.00373. The maximum atomic E-state index is 13.2. The molecule has 3 rings (SSSR count). The lowest BCUT2D eigenvalue weighted by Gasteiger charge is -2.18. The van der Waals surface area contributed by atoms with E-state index in [1.165, 1.54) is 24.8 Å². The van der Waals surface area contributed by atoms with Crippen molar-refractivity contribution in [1.82, 2.24) is 9.97 Å². The lowest BCUT2D eigenvalue weighted by Crippen LogP contribution is -2.19. The molecule has 0 fully saturated rings. The van der Waals surface area contributed by atoms with Crippen molar-refractivity contribution in [2.24, 2.45) is 10.9 Å². The van der Waals surface area contributed by atoms with Crippen LogP contribution in [0.15, 0.2) is 74.7 Å². The molecule has 0 N–H and O–H groups in total. The molecule has 5 nitrogen and oxygen atoms in total. The summed E-state index contributed by atoms with van der Waals surface area (Å²) in [6, 6.07) is 3.53. The molecule has 0 amide bonds. The Morgan fingerprint density at radius 3 is 2.77 bits per heavy atom. The van der Waals surface area contributed by atoms with Gasteiger partial charge in [0, 0.05) is 35.7 Å². The summed E-state index contributed by atoms with van der Waals surface area (Å²) in [4.78, 5) is 13.4. The molecular weight excluding hydrogens is 457 g/mol. The zero-order chi connectivity index (χ0) is 22.5. The third kappa shape index (κ3) is 5.90. The number of hydrogen-bond donors (Lipinski definition) is 0. The van der Waals surface area contributed by atoms with Gasteiger partial charge >= 0.3 is 0 Å². The Morgan fingerprint density at radius 2 is 2.19 bits per heavy atom. The minimum Gasteiger partial charge on any atom is -0.429 e. The molecule has 0 aliphatic carbocycles. The predicted molar refractivity (Wildman–Crippen MR) is 126 cm³/mol. The molecule has 9 heteroatoms. The van der Waals surface area contributed by atoms with E-state index >= 15 is 0 Å². The van der Waals surface area contributed by atoms with E-state index in [0.717, 1.165) is 5.57 Å².